The van der Waals surface area contributed by atoms with Gasteiger partial charge < -0.3 is 5.11 Å². The second-order valence-corrected chi connectivity index (χ2v) is 8.24. The number of rotatable bonds is 4. The number of nitrogens with one attached hydrogen (secondary N) is 2. The Kier molecular flexibility index (Phi) is 4.62. The fourth-order valence-electron chi connectivity index (χ4n) is 3.11. The predicted molar refractivity (Wildman–Crippen MR) is 110 cm³/mol. The SMILES string of the molecule is O=c1[nH]c(O)c(C2=N/C(=C\S(=O)(=O)c3ccccc3)c3ccc([N+](=O)[O-])cc32)c(=O)[nH]1. The van der Waals surface area contributed by atoms with Gasteiger partial charge in [-0.3, -0.25) is 24.9 Å². The molecule has 0 spiro atoms. The Bertz CT molecular complexity index is 1520. The number of aromatic hydroxyl groups is 1. The van der Waals surface area contributed by atoms with Crippen LogP contribution >= 0.6 is 0 Å². The van der Waals surface area contributed by atoms with Crippen molar-refractivity contribution in [1.82, 2.24) is 9.97 Å². The topological polar surface area (TPSA) is 176 Å². The summed E-state index contributed by atoms with van der Waals surface area (Å²) in [6.45, 7) is 0. The molecule has 1 aromatic heterocycles. The second kappa shape index (κ2) is 7.18. The van der Waals surface area contributed by atoms with Crippen molar-refractivity contribution in [1.29, 1.82) is 0 Å². The third kappa shape index (κ3) is 3.55. The van der Waals surface area contributed by atoms with Crippen molar-refractivity contribution in [3.63, 3.8) is 0 Å². The third-order valence-corrected chi connectivity index (χ3v) is 5.94. The summed E-state index contributed by atoms with van der Waals surface area (Å²) < 4.78 is 25.6. The second-order valence-electron chi connectivity index (χ2n) is 6.44. The van der Waals surface area contributed by atoms with E-state index in [4.69, 9.17) is 0 Å². The molecule has 0 unspecified atom stereocenters. The summed E-state index contributed by atoms with van der Waals surface area (Å²) in [5.74, 6) is -0.808. The Morgan fingerprint density at radius 2 is 1.74 bits per heavy atom. The standard InChI is InChI=1S/C19H12N4O7S/c24-17-15(18(25)22-19(26)21-17)16-13-8-10(23(27)28)6-7-12(13)14(20-16)9-31(29,30)11-4-2-1-3-5-11/h1-9H,(H3,21,22,24,25,26)/b14-9-. The third-order valence-electron chi connectivity index (χ3n) is 4.48. The van der Waals surface area contributed by atoms with Crippen molar-refractivity contribution in [2.75, 3.05) is 0 Å². The van der Waals surface area contributed by atoms with E-state index in [1.807, 2.05) is 9.97 Å². The van der Waals surface area contributed by atoms with Gasteiger partial charge in [-0.05, 0) is 18.2 Å². The first-order valence-electron chi connectivity index (χ1n) is 8.63. The minimum absolute atomic E-state index is 0.000604. The molecule has 11 nitrogen and oxygen atoms in total. The van der Waals surface area contributed by atoms with E-state index in [0.29, 0.717) is 0 Å². The minimum atomic E-state index is -3.95. The van der Waals surface area contributed by atoms with Crippen LogP contribution in [0.3, 0.4) is 0 Å². The van der Waals surface area contributed by atoms with Gasteiger partial charge >= 0.3 is 5.69 Å². The van der Waals surface area contributed by atoms with Crippen molar-refractivity contribution in [2.24, 2.45) is 4.99 Å². The number of H-pyrrole nitrogens is 2. The average molecular weight is 440 g/mol. The lowest BCUT2D eigenvalue weighted by Crippen LogP contribution is -2.27. The van der Waals surface area contributed by atoms with Gasteiger partial charge in [0.15, 0.2) is 0 Å². The van der Waals surface area contributed by atoms with Crippen LogP contribution in [0.5, 0.6) is 5.88 Å². The molecule has 2 aromatic carbocycles. The van der Waals surface area contributed by atoms with Gasteiger partial charge in [0.1, 0.15) is 5.56 Å². The number of aromatic amines is 2. The largest absolute Gasteiger partial charge is 0.494 e. The van der Waals surface area contributed by atoms with Gasteiger partial charge in [-0.15, -0.1) is 0 Å². The molecule has 4 rings (SSSR count). The first-order valence-corrected chi connectivity index (χ1v) is 10.2. The van der Waals surface area contributed by atoms with Gasteiger partial charge in [-0.25, -0.2) is 18.2 Å². The van der Waals surface area contributed by atoms with Crippen LogP contribution in [0, 0.1) is 10.1 Å². The lowest BCUT2D eigenvalue weighted by molar-refractivity contribution is -0.384. The van der Waals surface area contributed by atoms with Gasteiger partial charge in [-0.2, -0.15) is 0 Å². The van der Waals surface area contributed by atoms with Crippen LogP contribution in [0.4, 0.5) is 5.69 Å². The molecule has 0 bridgehead atoms. The Morgan fingerprint density at radius 1 is 1.03 bits per heavy atom. The molecular weight excluding hydrogens is 428 g/mol. The molecule has 0 saturated heterocycles. The van der Waals surface area contributed by atoms with Gasteiger partial charge in [0, 0.05) is 23.3 Å². The highest BCUT2D eigenvalue weighted by atomic mass is 32.2. The van der Waals surface area contributed by atoms with E-state index in [1.54, 1.807) is 18.2 Å². The van der Waals surface area contributed by atoms with E-state index in [0.717, 1.165) is 17.5 Å². The molecule has 156 valence electrons. The monoisotopic (exact) mass is 440 g/mol. The zero-order valence-corrected chi connectivity index (χ0v) is 16.2. The van der Waals surface area contributed by atoms with E-state index in [2.05, 4.69) is 4.99 Å². The smallest absolute Gasteiger partial charge is 0.328 e. The Balaban J connectivity index is 1.99. The number of aromatic nitrogens is 2. The average Bonchev–Trinajstić information content (AvgIpc) is 3.04. The molecule has 31 heavy (non-hydrogen) atoms. The van der Waals surface area contributed by atoms with E-state index in [9.17, 15) is 33.2 Å². The number of hydrogen-bond donors (Lipinski definition) is 3. The van der Waals surface area contributed by atoms with Crippen molar-refractivity contribution in [3.05, 3.63) is 102 Å². The van der Waals surface area contributed by atoms with E-state index < -0.39 is 37.5 Å². The summed E-state index contributed by atoms with van der Waals surface area (Å²) in [5.41, 5.74) is -2.81. The Labute approximate surface area is 173 Å². The van der Waals surface area contributed by atoms with Crippen LogP contribution in [0.25, 0.3) is 5.70 Å². The molecule has 1 aliphatic heterocycles. The van der Waals surface area contributed by atoms with Crippen LogP contribution in [0.15, 0.2) is 73.4 Å². The molecule has 3 aromatic rings. The fourth-order valence-corrected chi connectivity index (χ4v) is 4.25. The van der Waals surface area contributed by atoms with Crippen LogP contribution < -0.4 is 11.2 Å². The summed E-state index contributed by atoms with van der Waals surface area (Å²) in [6.07, 6.45) is 0. The van der Waals surface area contributed by atoms with Crippen LogP contribution in [-0.4, -0.2) is 34.1 Å². The highest BCUT2D eigenvalue weighted by molar-refractivity contribution is 7.94. The lowest BCUT2D eigenvalue weighted by Gasteiger charge is -2.04. The van der Waals surface area contributed by atoms with Crippen molar-refractivity contribution in [3.8, 4) is 5.88 Å². The maximum atomic E-state index is 12.8. The number of hydrogen-bond acceptors (Lipinski definition) is 8. The molecule has 2 heterocycles. The maximum absolute atomic E-state index is 12.8. The minimum Gasteiger partial charge on any atom is -0.494 e. The first-order chi connectivity index (χ1) is 14.7. The zero-order chi connectivity index (χ0) is 22.3. The lowest BCUT2D eigenvalue weighted by atomic mass is 10.00. The van der Waals surface area contributed by atoms with E-state index in [1.165, 1.54) is 18.2 Å². The summed E-state index contributed by atoms with van der Waals surface area (Å²) in [6, 6.07) is 11.1. The maximum Gasteiger partial charge on any atom is 0.328 e. The number of nitrogens with zero attached hydrogens (tertiary/aromatic N) is 2. The summed E-state index contributed by atoms with van der Waals surface area (Å²) in [7, 11) is -3.95. The number of benzene rings is 2. The number of fused-ring (bicyclic) bond motifs is 1. The molecule has 0 fully saturated rings. The van der Waals surface area contributed by atoms with E-state index in [-0.39, 0.29) is 33.1 Å². The summed E-state index contributed by atoms with van der Waals surface area (Å²) in [4.78, 5) is 42.3. The number of aliphatic imine (C=N–C) groups is 1. The molecular formula is C19H12N4O7S. The van der Waals surface area contributed by atoms with Gasteiger partial charge in [-0.1, -0.05) is 18.2 Å². The molecule has 0 aliphatic carbocycles. The van der Waals surface area contributed by atoms with Crippen molar-refractivity contribution >= 4 is 26.9 Å². The van der Waals surface area contributed by atoms with Crippen LogP contribution in [0.1, 0.15) is 16.7 Å². The molecule has 0 atom stereocenters. The van der Waals surface area contributed by atoms with Gasteiger partial charge in [0.2, 0.25) is 15.7 Å². The highest BCUT2D eigenvalue weighted by Crippen LogP contribution is 2.35. The Morgan fingerprint density at radius 3 is 2.39 bits per heavy atom. The van der Waals surface area contributed by atoms with Crippen molar-refractivity contribution < 1.29 is 18.4 Å². The number of nitro benzene ring substituents is 1. The first kappa shape index (κ1) is 20.0. The molecule has 1 aliphatic rings. The number of nitro groups is 1. The molecule has 0 saturated carbocycles. The predicted octanol–water partition coefficient (Wildman–Crippen LogP) is 1.30. The van der Waals surface area contributed by atoms with Gasteiger partial charge in [0.25, 0.3) is 11.2 Å². The molecule has 12 heteroatoms. The number of non-ortho nitro benzene ring substituents is 1. The summed E-state index contributed by atoms with van der Waals surface area (Å²) in [5, 5.41) is 22.2. The van der Waals surface area contributed by atoms with Crippen LogP contribution in [0.2, 0.25) is 0 Å². The zero-order valence-electron chi connectivity index (χ0n) is 15.4. The van der Waals surface area contributed by atoms with Crippen LogP contribution in [-0.2, 0) is 9.84 Å². The molecule has 0 radical (unpaired) electrons. The van der Waals surface area contributed by atoms with Gasteiger partial charge in [0.05, 0.1) is 26.6 Å². The molecule has 3 N–H and O–H groups in total. The summed E-state index contributed by atoms with van der Waals surface area (Å²) >= 11 is 0. The Hall–Kier alpha value is -4.32. The van der Waals surface area contributed by atoms with Crippen molar-refractivity contribution in [2.45, 2.75) is 4.90 Å². The number of sulfone groups is 1. The fraction of sp³-hybridized carbons (Fsp3) is 0. The quantitative estimate of drug-likeness (QED) is 0.404. The molecule has 0 amide bonds. The normalized spacial score (nSPS) is 14.3. The highest BCUT2D eigenvalue weighted by Gasteiger charge is 2.29. The van der Waals surface area contributed by atoms with E-state index >= 15 is 0 Å².